The molecule has 2 aromatic rings. The SMILES string of the molecule is CN(Cc1cc2ccccc2o1)C(=O)CNCC1CC1. The van der Waals surface area contributed by atoms with E-state index in [1.165, 1.54) is 12.8 Å². The molecule has 0 aliphatic heterocycles. The standard InChI is InChI=1S/C16H20N2O2/c1-18(16(19)10-17-9-12-6-7-12)11-14-8-13-4-2-3-5-15(13)20-14/h2-5,8,12,17H,6-7,9-11H2,1H3. The lowest BCUT2D eigenvalue weighted by Gasteiger charge is -2.16. The zero-order valence-corrected chi connectivity index (χ0v) is 11.8. The molecule has 3 rings (SSSR count). The summed E-state index contributed by atoms with van der Waals surface area (Å²) in [6.45, 7) is 1.88. The molecule has 20 heavy (non-hydrogen) atoms. The molecule has 1 fully saturated rings. The summed E-state index contributed by atoms with van der Waals surface area (Å²) in [7, 11) is 1.81. The number of carbonyl (C=O) groups excluding carboxylic acids is 1. The first-order valence-electron chi connectivity index (χ1n) is 7.14. The van der Waals surface area contributed by atoms with Crippen molar-refractivity contribution in [3.05, 3.63) is 36.1 Å². The first-order valence-corrected chi connectivity index (χ1v) is 7.14. The molecule has 1 aromatic heterocycles. The summed E-state index contributed by atoms with van der Waals surface area (Å²) >= 11 is 0. The Hall–Kier alpha value is -1.81. The molecule has 106 valence electrons. The quantitative estimate of drug-likeness (QED) is 0.878. The van der Waals surface area contributed by atoms with Gasteiger partial charge >= 0.3 is 0 Å². The number of benzene rings is 1. The minimum atomic E-state index is 0.103. The molecule has 1 aliphatic rings. The summed E-state index contributed by atoms with van der Waals surface area (Å²) in [5.41, 5.74) is 0.871. The van der Waals surface area contributed by atoms with E-state index in [4.69, 9.17) is 4.42 Å². The number of carbonyl (C=O) groups is 1. The zero-order valence-electron chi connectivity index (χ0n) is 11.8. The normalized spacial score (nSPS) is 14.7. The smallest absolute Gasteiger partial charge is 0.236 e. The van der Waals surface area contributed by atoms with E-state index in [2.05, 4.69) is 5.32 Å². The Balaban J connectivity index is 1.53. The predicted molar refractivity (Wildman–Crippen MR) is 78.3 cm³/mol. The van der Waals surface area contributed by atoms with Gasteiger partial charge in [-0.25, -0.2) is 0 Å². The van der Waals surface area contributed by atoms with Crippen LogP contribution < -0.4 is 5.32 Å². The Labute approximate surface area is 118 Å². The number of hydrogen-bond donors (Lipinski definition) is 1. The van der Waals surface area contributed by atoms with Crippen molar-refractivity contribution in [1.82, 2.24) is 10.2 Å². The predicted octanol–water partition coefficient (Wildman–Crippen LogP) is 2.39. The maximum atomic E-state index is 12.0. The van der Waals surface area contributed by atoms with Gasteiger partial charge in [0.2, 0.25) is 5.91 Å². The lowest BCUT2D eigenvalue weighted by molar-refractivity contribution is -0.129. The lowest BCUT2D eigenvalue weighted by atomic mass is 10.2. The highest BCUT2D eigenvalue weighted by atomic mass is 16.3. The number of hydrogen-bond acceptors (Lipinski definition) is 3. The summed E-state index contributed by atoms with van der Waals surface area (Å²) in [6.07, 6.45) is 2.60. The van der Waals surface area contributed by atoms with Gasteiger partial charge in [-0.05, 0) is 37.4 Å². The van der Waals surface area contributed by atoms with Crippen LogP contribution in [0.5, 0.6) is 0 Å². The summed E-state index contributed by atoms with van der Waals surface area (Å²) in [5, 5.41) is 4.30. The Bertz CT molecular complexity index is 568. The van der Waals surface area contributed by atoms with Gasteiger partial charge in [-0.3, -0.25) is 4.79 Å². The van der Waals surface area contributed by atoms with Crippen LogP contribution in [0.25, 0.3) is 11.0 Å². The summed E-state index contributed by atoms with van der Waals surface area (Å²) in [4.78, 5) is 13.7. The van der Waals surface area contributed by atoms with E-state index in [0.717, 1.165) is 29.2 Å². The first kappa shape index (κ1) is 13.2. The molecule has 0 atom stereocenters. The lowest BCUT2D eigenvalue weighted by Crippen LogP contribution is -2.35. The Kier molecular flexibility index (Phi) is 3.74. The van der Waals surface area contributed by atoms with Crippen LogP contribution in [0, 0.1) is 5.92 Å². The van der Waals surface area contributed by atoms with E-state index >= 15 is 0 Å². The average molecular weight is 272 g/mol. The summed E-state index contributed by atoms with van der Waals surface area (Å²) in [5.74, 6) is 1.72. The Morgan fingerprint density at radius 1 is 1.40 bits per heavy atom. The number of nitrogens with zero attached hydrogens (tertiary/aromatic N) is 1. The van der Waals surface area contributed by atoms with Crippen molar-refractivity contribution in [2.45, 2.75) is 19.4 Å². The van der Waals surface area contributed by atoms with Gasteiger partial charge in [-0.2, -0.15) is 0 Å². The van der Waals surface area contributed by atoms with Gasteiger partial charge < -0.3 is 14.6 Å². The number of fused-ring (bicyclic) bond motifs is 1. The summed E-state index contributed by atoms with van der Waals surface area (Å²) < 4.78 is 5.73. The number of amides is 1. The number of para-hydroxylation sites is 1. The molecular weight excluding hydrogens is 252 g/mol. The van der Waals surface area contributed by atoms with E-state index in [1.54, 1.807) is 4.90 Å². The third-order valence-electron chi connectivity index (χ3n) is 3.70. The number of rotatable bonds is 6. The fourth-order valence-corrected chi connectivity index (χ4v) is 2.28. The Morgan fingerprint density at radius 2 is 2.20 bits per heavy atom. The van der Waals surface area contributed by atoms with Crippen LogP contribution in [0.3, 0.4) is 0 Å². The van der Waals surface area contributed by atoms with Gasteiger partial charge in [0.15, 0.2) is 0 Å². The van der Waals surface area contributed by atoms with Crippen LogP contribution in [0.4, 0.5) is 0 Å². The maximum Gasteiger partial charge on any atom is 0.236 e. The molecule has 1 saturated carbocycles. The van der Waals surface area contributed by atoms with Gasteiger partial charge in [-0.1, -0.05) is 18.2 Å². The monoisotopic (exact) mass is 272 g/mol. The van der Waals surface area contributed by atoms with E-state index in [1.807, 2.05) is 37.4 Å². The molecule has 1 heterocycles. The second kappa shape index (κ2) is 5.67. The molecular formula is C16H20N2O2. The van der Waals surface area contributed by atoms with Crippen molar-refractivity contribution in [2.24, 2.45) is 5.92 Å². The van der Waals surface area contributed by atoms with Gasteiger partial charge in [-0.15, -0.1) is 0 Å². The second-order valence-corrected chi connectivity index (χ2v) is 5.57. The van der Waals surface area contributed by atoms with Crippen LogP contribution >= 0.6 is 0 Å². The van der Waals surface area contributed by atoms with E-state index < -0.39 is 0 Å². The van der Waals surface area contributed by atoms with Crippen LogP contribution in [-0.2, 0) is 11.3 Å². The molecule has 1 aliphatic carbocycles. The minimum absolute atomic E-state index is 0.103. The zero-order chi connectivity index (χ0) is 13.9. The van der Waals surface area contributed by atoms with Crippen LogP contribution in [0.1, 0.15) is 18.6 Å². The third kappa shape index (κ3) is 3.20. The van der Waals surface area contributed by atoms with Crippen LogP contribution in [0.2, 0.25) is 0 Å². The molecule has 4 nitrogen and oxygen atoms in total. The van der Waals surface area contributed by atoms with Crippen molar-refractivity contribution in [1.29, 1.82) is 0 Å². The van der Waals surface area contributed by atoms with Gasteiger partial charge in [0.05, 0.1) is 13.1 Å². The molecule has 0 unspecified atom stereocenters. The van der Waals surface area contributed by atoms with Crippen molar-refractivity contribution in [3.63, 3.8) is 0 Å². The molecule has 0 bridgehead atoms. The second-order valence-electron chi connectivity index (χ2n) is 5.57. The van der Waals surface area contributed by atoms with Gasteiger partial charge in [0.1, 0.15) is 11.3 Å². The molecule has 0 saturated heterocycles. The van der Waals surface area contributed by atoms with Crippen molar-refractivity contribution in [2.75, 3.05) is 20.1 Å². The first-order chi connectivity index (χ1) is 9.72. The highest BCUT2D eigenvalue weighted by Crippen LogP contribution is 2.27. The van der Waals surface area contributed by atoms with Crippen molar-refractivity contribution >= 4 is 16.9 Å². The average Bonchev–Trinajstić information content (AvgIpc) is 3.16. The van der Waals surface area contributed by atoms with Crippen molar-refractivity contribution < 1.29 is 9.21 Å². The molecule has 1 amide bonds. The highest BCUT2D eigenvalue weighted by molar-refractivity contribution is 5.79. The Morgan fingerprint density at radius 3 is 2.95 bits per heavy atom. The van der Waals surface area contributed by atoms with E-state index in [0.29, 0.717) is 13.1 Å². The van der Waals surface area contributed by atoms with E-state index in [-0.39, 0.29) is 5.91 Å². The fourth-order valence-electron chi connectivity index (χ4n) is 2.28. The molecule has 1 aromatic carbocycles. The largest absolute Gasteiger partial charge is 0.459 e. The number of likely N-dealkylation sites (N-methyl/N-ethyl adjacent to an activating group) is 1. The van der Waals surface area contributed by atoms with Gasteiger partial charge in [0.25, 0.3) is 0 Å². The third-order valence-corrected chi connectivity index (χ3v) is 3.70. The molecule has 4 heteroatoms. The van der Waals surface area contributed by atoms with Crippen LogP contribution in [-0.4, -0.2) is 30.9 Å². The number of nitrogens with one attached hydrogen (secondary N) is 1. The van der Waals surface area contributed by atoms with Crippen molar-refractivity contribution in [3.8, 4) is 0 Å². The minimum Gasteiger partial charge on any atom is -0.459 e. The molecule has 1 N–H and O–H groups in total. The number of furan rings is 1. The summed E-state index contributed by atoms with van der Waals surface area (Å²) in [6, 6.07) is 9.89. The fraction of sp³-hybridized carbons (Fsp3) is 0.438. The van der Waals surface area contributed by atoms with Gasteiger partial charge in [0, 0.05) is 12.4 Å². The molecule has 0 spiro atoms. The highest BCUT2D eigenvalue weighted by Gasteiger charge is 2.21. The molecule has 0 radical (unpaired) electrons. The van der Waals surface area contributed by atoms with E-state index in [9.17, 15) is 4.79 Å². The maximum absolute atomic E-state index is 12.0. The topological polar surface area (TPSA) is 45.5 Å². The van der Waals surface area contributed by atoms with Crippen LogP contribution in [0.15, 0.2) is 34.7 Å².